The zero-order valence-corrected chi connectivity index (χ0v) is 15.5. The Hall–Kier alpha value is -3.02. The minimum absolute atomic E-state index is 0.0671. The van der Waals surface area contributed by atoms with Crippen molar-refractivity contribution >= 4 is 16.9 Å². The summed E-state index contributed by atoms with van der Waals surface area (Å²) in [5.41, 5.74) is 1.54. The van der Waals surface area contributed by atoms with Gasteiger partial charge in [0.1, 0.15) is 23.2 Å². The molecule has 1 aliphatic rings. The second-order valence-electron chi connectivity index (χ2n) is 6.72. The van der Waals surface area contributed by atoms with Gasteiger partial charge in [0.2, 0.25) is 0 Å². The van der Waals surface area contributed by atoms with Crippen molar-refractivity contribution in [3.05, 3.63) is 54.0 Å². The Kier molecular flexibility index (Phi) is 4.71. The molecule has 6 nitrogen and oxygen atoms in total. The van der Waals surface area contributed by atoms with Gasteiger partial charge in [0, 0.05) is 49.1 Å². The number of carbonyl (C=O) groups excluding carboxylic acids is 1. The quantitative estimate of drug-likeness (QED) is 0.702. The summed E-state index contributed by atoms with van der Waals surface area (Å²) in [6.07, 6.45) is 5.10. The minimum atomic E-state index is -0.0671. The van der Waals surface area contributed by atoms with Gasteiger partial charge in [-0.1, -0.05) is 0 Å². The monoisotopic (exact) mass is 366 g/mol. The van der Waals surface area contributed by atoms with Crippen molar-refractivity contribution in [3.63, 3.8) is 0 Å². The summed E-state index contributed by atoms with van der Waals surface area (Å²) in [4.78, 5) is 18.9. The number of nitrogens with zero attached hydrogens (tertiary/aromatic N) is 2. The molecule has 0 radical (unpaired) electrons. The molecular weight excluding hydrogens is 344 g/mol. The topological polar surface area (TPSA) is 64.8 Å². The molecule has 0 N–H and O–H groups in total. The summed E-state index contributed by atoms with van der Waals surface area (Å²) in [6, 6.07) is 9.37. The number of hydrogen-bond acceptors (Lipinski definition) is 5. The molecule has 140 valence electrons. The van der Waals surface area contributed by atoms with E-state index in [1.165, 1.54) is 0 Å². The third kappa shape index (κ3) is 3.47. The van der Waals surface area contributed by atoms with Crippen LogP contribution < -0.4 is 9.47 Å². The molecule has 4 rings (SSSR count). The number of amides is 1. The first-order chi connectivity index (χ1) is 13.2. The molecule has 0 saturated carbocycles. The van der Waals surface area contributed by atoms with Crippen molar-refractivity contribution in [2.45, 2.75) is 25.9 Å². The maximum absolute atomic E-state index is 13.0. The first kappa shape index (κ1) is 17.4. The predicted octanol–water partition coefficient (Wildman–Crippen LogP) is 3.83. The van der Waals surface area contributed by atoms with E-state index in [-0.39, 0.29) is 12.0 Å². The van der Waals surface area contributed by atoms with E-state index >= 15 is 0 Å². The van der Waals surface area contributed by atoms with Gasteiger partial charge in [-0.15, -0.1) is 0 Å². The van der Waals surface area contributed by atoms with Crippen molar-refractivity contribution in [2.75, 3.05) is 20.2 Å². The molecule has 1 saturated heterocycles. The van der Waals surface area contributed by atoms with Gasteiger partial charge in [-0.05, 0) is 31.2 Å². The molecule has 3 aromatic rings. The largest absolute Gasteiger partial charge is 0.497 e. The van der Waals surface area contributed by atoms with Crippen molar-refractivity contribution in [1.29, 1.82) is 0 Å². The molecule has 0 aliphatic carbocycles. The fourth-order valence-corrected chi connectivity index (χ4v) is 3.47. The lowest BCUT2D eigenvalue weighted by Gasteiger charge is -2.31. The molecule has 1 aliphatic heterocycles. The number of benzene rings is 1. The summed E-state index contributed by atoms with van der Waals surface area (Å²) < 4.78 is 17.1. The van der Waals surface area contributed by atoms with Gasteiger partial charge in [0.05, 0.1) is 13.3 Å². The first-order valence-corrected chi connectivity index (χ1v) is 9.09. The zero-order valence-electron chi connectivity index (χ0n) is 15.5. The number of likely N-dealkylation sites (tertiary alicyclic amines) is 1. The molecule has 1 amide bonds. The SMILES string of the molecule is COc1ccc2c(C)c(C(=O)N3CCC(Oc4cccnc4)CC3)oc2c1. The Morgan fingerprint density at radius 3 is 2.74 bits per heavy atom. The van der Waals surface area contributed by atoms with Crippen LogP contribution in [0.4, 0.5) is 0 Å². The van der Waals surface area contributed by atoms with Crippen molar-refractivity contribution in [1.82, 2.24) is 9.88 Å². The lowest BCUT2D eigenvalue weighted by Crippen LogP contribution is -2.41. The van der Waals surface area contributed by atoms with Crippen LogP contribution >= 0.6 is 0 Å². The highest BCUT2D eigenvalue weighted by Crippen LogP contribution is 2.30. The summed E-state index contributed by atoms with van der Waals surface area (Å²) in [5, 5.41) is 0.939. The van der Waals surface area contributed by atoms with E-state index in [1.54, 1.807) is 19.5 Å². The number of rotatable bonds is 4. The van der Waals surface area contributed by atoms with E-state index in [0.717, 1.165) is 29.5 Å². The smallest absolute Gasteiger partial charge is 0.289 e. The molecule has 27 heavy (non-hydrogen) atoms. The number of aromatic nitrogens is 1. The van der Waals surface area contributed by atoms with Crippen molar-refractivity contribution in [2.24, 2.45) is 0 Å². The number of hydrogen-bond donors (Lipinski definition) is 0. The van der Waals surface area contributed by atoms with Crippen LogP contribution in [0, 0.1) is 6.92 Å². The van der Waals surface area contributed by atoms with Crippen LogP contribution in [0.3, 0.4) is 0 Å². The van der Waals surface area contributed by atoms with E-state index < -0.39 is 0 Å². The molecular formula is C21H22N2O4. The van der Waals surface area contributed by atoms with Crippen LogP contribution in [0.5, 0.6) is 11.5 Å². The Bertz CT molecular complexity index is 943. The summed E-state index contributed by atoms with van der Waals surface area (Å²) in [5.74, 6) is 1.82. The Balaban J connectivity index is 1.45. The number of ether oxygens (including phenoxy) is 2. The maximum Gasteiger partial charge on any atom is 0.289 e. The fraction of sp³-hybridized carbons (Fsp3) is 0.333. The molecule has 6 heteroatoms. The summed E-state index contributed by atoms with van der Waals surface area (Å²) in [6.45, 7) is 3.21. The Morgan fingerprint density at radius 2 is 2.04 bits per heavy atom. The van der Waals surface area contributed by atoms with E-state index in [2.05, 4.69) is 4.98 Å². The lowest BCUT2D eigenvalue weighted by atomic mass is 10.1. The average molecular weight is 366 g/mol. The molecule has 1 aromatic carbocycles. The van der Waals surface area contributed by atoms with Crippen LogP contribution in [-0.2, 0) is 0 Å². The molecule has 0 atom stereocenters. The molecule has 1 fully saturated rings. The van der Waals surface area contributed by atoms with Crippen LogP contribution in [0.2, 0.25) is 0 Å². The molecule has 3 heterocycles. The molecule has 2 aromatic heterocycles. The highest BCUT2D eigenvalue weighted by atomic mass is 16.5. The van der Waals surface area contributed by atoms with E-state index in [9.17, 15) is 4.79 Å². The lowest BCUT2D eigenvalue weighted by molar-refractivity contribution is 0.0567. The summed E-state index contributed by atoms with van der Waals surface area (Å²) >= 11 is 0. The maximum atomic E-state index is 13.0. The number of carbonyl (C=O) groups is 1. The highest BCUT2D eigenvalue weighted by Gasteiger charge is 2.28. The normalized spacial score (nSPS) is 15.1. The van der Waals surface area contributed by atoms with E-state index in [0.29, 0.717) is 30.2 Å². The second kappa shape index (κ2) is 7.31. The van der Waals surface area contributed by atoms with Crippen LogP contribution in [0.25, 0.3) is 11.0 Å². The van der Waals surface area contributed by atoms with Gasteiger partial charge >= 0.3 is 0 Å². The highest BCUT2D eigenvalue weighted by molar-refractivity contribution is 5.99. The van der Waals surface area contributed by atoms with E-state index in [4.69, 9.17) is 13.9 Å². The van der Waals surface area contributed by atoms with Crippen LogP contribution in [0.1, 0.15) is 29.0 Å². The standard InChI is InChI=1S/C21H22N2O4/c1-14-18-6-5-16(25-2)12-19(18)27-20(14)21(24)23-10-7-15(8-11-23)26-17-4-3-9-22-13-17/h3-6,9,12-13,15H,7-8,10-11H2,1-2H3. The minimum Gasteiger partial charge on any atom is -0.497 e. The fourth-order valence-electron chi connectivity index (χ4n) is 3.47. The number of fused-ring (bicyclic) bond motifs is 1. The van der Waals surface area contributed by atoms with E-state index in [1.807, 2.05) is 42.2 Å². The number of furan rings is 1. The van der Waals surface area contributed by atoms with Gasteiger partial charge in [-0.2, -0.15) is 0 Å². The number of methoxy groups -OCH3 is 1. The zero-order chi connectivity index (χ0) is 18.8. The third-order valence-corrected chi connectivity index (χ3v) is 5.01. The van der Waals surface area contributed by atoms with Gasteiger partial charge in [0.15, 0.2) is 5.76 Å². The first-order valence-electron chi connectivity index (χ1n) is 9.09. The van der Waals surface area contributed by atoms with Crippen LogP contribution in [-0.4, -0.2) is 42.1 Å². The molecule has 0 spiro atoms. The molecule has 0 bridgehead atoms. The molecule has 0 unspecified atom stereocenters. The predicted molar refractivity (Wildman–Crippen MR) is 101 cm³/mol. The Morgan fingerprint density at radius 1 is 1.22 bits per heavy atom. The number of piperidine rings is 1. The van der Waals surface area contributed by atoms with Gasteiger partial charge in [-0.3, -0.25) is 9.78 Å². The third-order valence-electron chi connectivity index (χ3n) is 5.01. The number of pyridine rings is 1. The van der Waals surface area contributed by atoms with Crippen LogP contribution in [0.15, 0.2) is 47.1 Å². The second-order valence-corrected chi connectivity index (χ2v) is 6.72. The number of aryl methyl sites for hydroxylation is 1. The van der Waals surface area contributed by atoms with Gasteiger partial charge in [0.25, 0.3) is 5.91 Å². The van der Waals surface area contributed by atoms with Gasteiger partial charge < -0.3 is 18.8 Å². The average Bonchev–Trinajstić information content (AvgIpc) is 3.04. The van der Waals surface area contributed by atoms with Crippen molar-refractivity contribution in [3.8, 4) is 11.5 Å². The van der Waals surface area contributed by atoms with Gasteiger partial charge in [-0.25, -0.2) is 0 Å². The Labute approximate surface area is 157 Å². The van der Waals surface area contributed by atoms with Crippen molar-refractivity contribution < 1.29 is 18.7 Å². The summed E-state index contributed by atoms with van der Waals surface area (Å²) in [7, 11) is 1.61.